The van der Waals surface area contributed by atoms with Crippen molar-refractivity contribution in [3.63, 3.8) is 0 Å². The average molecular weight is 361 g/mol. The molecule has 8 heteroatoms. The van der Waals surface area contributed by atoms with Gasteiger partial charge in [0, 0.05) is 39.1 Å². The smallest absolute Gasteiger partial charge is 0.293 e. The number of aromatic nitrogens is 1. The Labute approximate surface area is 152 Å². The highest BCUT2D eigenvalue weighted by atomic mass is 16.6. The second-order valence-electron chi connectivity index (χ2n) is 6.26. The fraction of sp³-hybridized carbons (Fsp3) is 0.500. The standard InChI is InChI=1S/C18H23N3O5/c1-13-17(26-7-6-25-13)18(23)21-11-15(24-2)10-20(16(22)12-21)9-14-4-3-5-19-8-14/h3-5,8,15H,6-7,9-12H2,1-2H3. The van der Waals surface area contributed by atoms with Crippen molar-refractivity contribution in [2.75, 3.05) is 40.0 Å². The molecule has 2 aliphatic rings. The van der Waals surface area contributed by atoms with Gasteiger partial charge in [0.15, 0.2) is 0 Å². The molecule has 1 saturated heterocycles. The normalized spacial score (nSPS) is 21.2. The SMILES string of the molecule is COC1CN(Cc2cccnc2)C(=O)CN(C(=O)C2=C(C)OCCO2)C1. The zero-order chi connectivity index (χ0) is 18.5. The number of hydrogen-bond donors (Lipinski definition) is 0. The van der Waals surface area contributed by atoms with E-state index >= 15 is 0 Å². The Bertz CT molecular complexity index is 691. The van der Waals surface area contributed by atoms with Crippen LogP contribution in [0.15, 0.2) is 36.0 Å². The van der Waals surface area contributed by atoms with E-state index in [1.165, 1.54) is 4.90 Å². The highest BCUT2D eigenvalue weighted by molar-refractivity contribution is 5.95. The van der Waals surface area contributed by atoms with E-state index in [0.717, 1.165) is 5.56 Å². The van der Waals surface area contributed by atoms with E-state index in [9.17, 15) is 9.59 Å². The highest BCUT2D eigenvalue weighted by Crippen LogP contribution is 2.18. The van der Waals surface area contributed by atoms with E-state index in [1.807, 2.05) is 12.1 Å². The number of methoxy groups -OCH3 is 1. The fourth-order valence-corrected chi connectivity index (χ4v) is 3.01. The van der Waals surface area contributed by atoms with E-state index in [1.54, 1.807) is 31.3 Å². The second kappa shape index (κ2) is 8.18. The summed E-state index contributed by atoms with van der Waals surface area (Å²) in [7, 11) is 1.58. The molecule has 0 saturated carbocycles. The molecular weight excluding hydrogens is 338 g/mol. The van der Waals surface area contributed by atoms with Crippen molar-refractivity contribution in [1.82, 2.24) is 14.8 Å². The first kappa shape index (κ1) is 18.2. The van der Waals surface area contributed by atoms with Crippen molar-refractivity contribution in [1.29, 1.82) is 0 Å². The molecule has 0 aliphatic carbocycles. The molecule has 1 fully saturated rings. The molecule has 2 amide bonds. The van der Waals surface area contributed by atoms with Gasteiger partial charge in [-0.15, -0.1) is 0 Å². The second-order valence-corrected chi connectivity index (χ2v) is 6.26. The van der Waals surface area contributed by atoms with Gasteiger partial charge in [0.2, 0.25) is 11.7 Å². The third kappa shape index (κ3) is 4.13. The van der Waals surface area contributed by atoms with Crippen molar-refractivity contribution in [2.45, 2.75) is 19.6 Å². The number of rotatable bonds is 4. The van der Waals surface area contributed by atoms with Crippen molar-refractivity contribution in [3.8, 4) is 0 Å². The van der Waals surface area contributed by atoms with Crippen molar-refractivity contribution < 1.29 is 23.8 Å². The number of nitrogens with zero attached hydrogens (tertiary/aromatic N) is 3. The van der Waals surface area contributed by atoms with Crippen LogP contribution in [0.1, 0.15) is 12.5 Å². The number of allylic oxidation sites excluding steroid dienone is 1. The van der Waals surface area contributed by atoms with Crippen LogP contribution in [-0.4, -0.2) is 72.7 Å². The molecule has 1 unspecified atom stereocenters. The third-order valence-electron chi connectivity index (χ3n) is 4.41. The molecule has 0 spiro atoms. The van der Waals surface area contributed by atoms with Crippen molar-refractivity contribution in [2.24, 2.45) is 0 Å². The molecule has 2 aliphatic heterocycles. The third-order valence-corrected chi connectivity index (χ3v) is 4.41. The van der Waals surface area contributed by atoms with Gasteiger partial charge in [0.1, 0.15) is 25.5 Å². The lowest BCUT2D eigenvalue weighted by molar-refractivity contribution is -0.139. The first-order valence-electron chi connectivity index (χ1n) is 8.53. The van der Waals surface area contributed by atoms with Crippen LogP contribution in [0.3, 0.4) is 0 Å². The summed E-state index contributed by atoms with van der Waals surface area (Å²) >= 11 is 0. The molecule has 26 heavy (non-hydrogen) atoms. The zero-order valence-electron chi connectivity index (χ0n) is 15.0. The maximum Gasteiger partial charge on any atom is 0.293 e. The first-order chi connectivity index (χ1) is 12.6. The van der Waals surface area contributed by atoms with Gasteiger partial charge in [0.25, 0.3) is 5.91 Å². The zero-order valence-corrected chi connectivity index (χ0v) is 15.0. The molecule has 8 nitrogen and oxygen atoms in total. The van der Waals surface area contributed by atoms with Crippen LogP contribution in [-0.2, 0) is 30.3 Å². The molecule has 1 aromatic rings. The summed E-state index contributed by atoms with van der Waals surface area (Å²) < 4.78 is 16.3. The van der Waals surface area contributed by atoms with Crippen LogP contribution in [0.5, 0.6) is 0 Å². The summed E-state index contributed by atoms with van der Waals surface area (Å²) in [5.41, 5.74) is 0.929. The molecule has 0 radical (unpaired) electrons. The molecule has 0 aromatic carbocycles. The first-order valence-corrected chi connectivity index (χ1v) is 8.53. The monoisotopic (exact) mass is 361 g/mol. The van der Waals surface area contributed by atoms with E-state index in [0.29, 0.717) is 38.6 Å². The number of amides is 2. The number of carbonyl (C=O) groups excluding carboxylic acids is 2. The Kier molecular flexibility index (Phi) is 5.72. The van der Waals surface area contributed by atoms with Gasteiger partial charge in [-0.25, -0.2) is 0 Å². The predicted octanol–water partition coefficient (Wildman–Crippen LogP) is 0.546. The van der Waals surface area contributed by atoms with Gasteiger partial charge in [-0.3, -0.25) is 14.6 Å². The van der Waals surface area contributed by atoms with Crippen molar-refractivity contribution in [3.05, 3.63) is 41.6 Å². The Morgan fingerprint density at radius 2 is 2.15 bits per heavy atom. The number of carbonyl (C=O) groups is 2. The lowest BCUT2D eigenvalue weighted by Crippen LogP contribution is -2.41. The molecule has 0 bridgehead atoms. The molecule has 0 N–H and O–H groups in total. The maximum absolute atomic E-state index is 12.8. The molecule has 1 atom stereocenters. The van der Waals surface area contributed by atoms with Gasteiger partial charge >= 0.3 is 0 Å². The van der Waals surface area contributed by atoms with E-state index in [4.69, 9.17) is 14.2 Å². The van der Waals surface area contributed by atoms with E-state index in [-0.39, 0.29) is 30.2 Å². The van der Waals surface area contributed by atoms with Crippen LogP contribution in [0.25, 0.3) is 0 Å². The summed E-state index contributed by atoms with van der Waals surface area (Å²) in [4.78, 5) is 32.8. The van der Waals surface area contributed by atoms with Crippen LogP contribution in [0, 0.1) is 0 Å². The van der Waals surface area contributed by atoms with Crippen LogP contribution < -0.4 is 0 Å². The Morgan fingerprint density at radius 1 is 1.35 bits per heavy atom. The van der Waals surface area contributed by atoms with E-state index < -0.39 is 0 Å². The Morgan fingerprint density at radius 3 is 2.85 bits per heavy atom. The van der Waals surface area contributed by atoms with Gasteiger partial charge in [0.05, 0.1) is 6.10 Å². The summed E-state index contributed by atoms with van der Waals surface area (Å²) in [6.45, 7) is 3.54. The average Bonchev–Trinajstić information content (AvgIpc) is 2.81. The minimum atomic E-state index is -0.346. The number of ether oxygens (including phenoxy) is 3. The van der Waals surface area contributed by atoms with Gasteiger partial charge in [-0.2, -0.15) is 0 Å². The number of hydrogen-bond acceptors (Lipinski definition) is 6. The Hall–Kier alpha value is -2.61. The quantitative estimate of drug-likeness (QED) is 0.779. The maximum atomic E-state index is 12.8. The summed E-state index contributed by atoms with van der Waals surface area (Å²) in [6.07, 6.45) is 3.13. The lowest BCUT2D eigenvalue weighted by Gasteiger charge is -2.26. The summed E-state index contributed by atoms with van der Waals surface area (Å²) in [5, 5.41) is 0. The molecule has 3 heterocycles. The molecular formula is C18H23N3O5. The topological polar surface area (TPSA) is 81.2 Å². The van der Waals surface area contributed by atoms with Crippen LogP contribution >= 0.6 is 0 Å². The minimum Gasteiger partial charge on any atom is -0.491 e. The van der Waals surface area contributed by atoms with E-state index in [2.05, 4.69) is 4.98 Å². The fourth-order valence-electron chi connectivity index (χ4n) is 3.01. The summed E-state index contributed by atoms with van der Waals surface area (Å²) in [6, 6.07) is 3.74. The number of pyridine rings is 1. The lowest BCUT2D eigenvalue weighted by atomic mass is 10.2. The van der Waals surface area contributed by atoms with Gasteiger partial charge in [-0.05, 0) is 18.6 Å². The van der Waals surface area contributed by atoms with Crippen LogP contribution in [0.4, 0.5) is 0 Å². The van der Waals surface area contributed by atoms with Crippen LogP contribution in [0.2, 0.25) is 0 Å². The van der Waals surface area contributed by atoms with Gasteiger partial charge < -0.3 is 24.0 Å². The predicted molar refractivity (Wildman–Crippen MR) is 91.6 cm³/mol. The molecule has 3 rings (SSSR count). The molecule has 1 aromatic heterocycles. The largest absolute Gasteiger partial charge is 0.491 e. The van der Waals surface area contributed by atoms with Gasteiger partial charge in [-0.1, -0.05) is 6.07 Å². The highest BCUT2D eigenvalue weighted by Gasteiger charge is 2.33. The van der Waals surface area contributed by atoms with Crippen molar-refractivity contribution >= 4 is 11.8 Å². The molecule has 140 valence electrons. The Balaban J connectivity index is 1.76. The summed E-state index contributed by atoms with van der Waals surface area (Å²) in [5.74, 6) is 0.122. The minimum absolute atomic E-state index is 0.0287.